The van der Waals surface area contributed by atoms with Crippen molar-refractivity contribution in [3.05, 3.63) is 22.2 Å². The number of aromatic hydroxyl groups is 1. The number of anilines is 1. The van der Waals surface area contributed by atoms with Crippen molar-refractivity contribution in [2.75, 3.05) is 11.9 Å². The Morgan fingerprint density at radius 3 is 2.56 bits per heavy atom. The average molecular weight is 327 g/mol. The van der Waals surface area contributed by atoms with Crippen LogP contribution in [0.25, 0.3) is 0 Å². The second-order valence-electron chi connectivity index (χ2n) is 3.92. The molecule has 0 spiro atoms. The fraction of sp³-hybridized carbons (Fsp3) is 0.455. The van der Waals surface area contributed by atoms with Crippen LogP contribution < -0.4 is 5.32 Å². The summed E-state index contributed by atoms with van der Waals surface area (Å²) in [5, 5.41) is 13.6. The molecular formula is C11H14BrCl2NO. The van der Waals surface area contributed by atoms with E-state index in [-0.39, 0.29) is 10.8 Å². The first-order chi connectivity index (χ1) is 7.41. The van der Waals surface area contributed by atoms with Crippen LogP contribution in [-0.4, -0.2) is 16.5 Å². The first kappa shape index (κ1) is 13.9. The van der Waals surface area contributed by atoms with Gasteiger partial charge in [0.25, 0.3) is 0 Å². The van der Waals surface area contributed by atoms with Crippen LogP contribution in [0.15, 0.2) is 12.1 Å². The van der Waals surface area contributed by atoms with Crippen LogP contribution in [0.2, 0.25) is 10.0 Å². The van der Waals surface area contributed by atoms with Crippen molar-refractivity contribution in [3.8, 4) is 5.75 Å². The van der Waals surface area contributed by atoms with Crippen molar-refractivity contribution < 1.29 is 5.11 Å². The van der Waals surface area contributed by atoms with Crippen LogP contribution in [0.4, 0.5) is 5.69 Å². The molecule has 0 aliphatic carbocycles. The largest absolute Gasteiger partial charge is 0.504 e. The zero-order valence-corrected chi connectivity index (χ0v) is 12.2. The van der Waals surface area contributed by atoms with Crippen molar-refractivity contribution >= 4 is 44.8 Å². The molecule has 1 rings (SSSR count). The van der Waals surface area contributed by atoms with Crippen LogP contribution >= 0.6 is 39.1 Å². The molecule has 0 radical (unpaired) electrons. The van der Waals surface area contributed by atoms with E-state index in [9.17, 15) is 5.11 Å². The maximum Gasteiger partial charge on any atom is 0.157 e. The molecule has 0 saturated heterocycles. The van der Waals surface area contributed by atoms with E-state index in [0.29, 0.717) is 28.0 Å². The Labute approximate surface area is 114 Å². The first-order valence-electron chi connectivity index (χ1n) is 4.97. The summed E-state index contributed by atoms with van der Waals surface area (Å²) in [4.78, 5) is 0.324. The van der Waals surface area contributed by atoms with Gasteiger partial charge in [0.2, 0.25) is 0 Å². The molecule has 2 N–H and O–H groups in total. The lowest BCUT2D eigenvalue weighted by Crippen LogP contribution is -2.19. The summed E-state index contributed by atoms with van der Waals surface area (Å²) in [6.45, 7) is 4.93. The summed E-state index contributed by atoms with van der Waals surface area (Å²) in [7, 11) is 0. The molecule has 1 aromatic rings. The molecule has 5 heteroatoms. The third kappa shape index (κ3) is 3.72. The Bertz CT molecular complexity index is 371. The minimum Gasteiger partial charge on any atom is -0.504 e. The molecule has 0 amide bonds. The van der Waals surface area contributed by atoms with Gasteiger partial charge in [-0.05, 0) is 18.1 Å². The second kappa shape index (κ2) is 5.99. The average Bonchev–Trinajstić information content (AvgIpc) is 2.20. The van der Waals surface area contributed by atoms with E-state index < -0.39 is 0 Å². The van der Waals surface area contributed by atoms with Gasteiger partial charge in [-0.25, -0.2) is 0 Å². The monoisotopic (exact) mass is 325 g/mol. The Morgan fingerprint density at radius 2 is 2.00 bits per heavy atom. The second-order valence-corrected chi connectivity index (χ2v) is 5.94. The number of phenols is 1. The zero-order chi connectivity index (χ0) is 12.3. The van der Waals surface area contributed by atoms with E-state index in [1.807, 2.05) is 0 Å². The summed E-state index contributed by atoms with van der Waals surface area (Å²) in [6, 6.07) is 3.17. The number of nitrogens with one attached hydrogen (secondary N) is 1. The molecule has 2 nitrogen and oxygen atoms in total. The van der Waals surface area contributed by atoms with E-state index in [1.54, 1.807) is 6.07 Å². The smallest absolute Gasteiger partial charge is 0.157 e. The lowest BCUT2D eigenvalue weighted by Gasteiger charge is -2.16. The molecule has 90 valence electrons. The number of halogens is 3. The Kier molecular flexibility index (Phi) is 5.22. The zero-order valence-electron chi connectivity index (χ0n) is 9.10. The Hall–Kier alpha value is -0.120. The number of hydrogen-bond acceptors (Lipinski definition) is 2. The third-order valence-corrected chi connectivity index (χ3v) is 4.13. The summed E-state index contributed by atoms with van der Waals surface area (Å²) in [5.41, 5.74) is 0.558. The molecule has 0 aliphatic rings. The predicted molar refractivity (Wildman–Crippen MR) is 74.2 cm³/mol. The van der Waals surface area contributed by atoms with Crippen molar-refractivity contribution in [1.82, 2.24) is 0 Å². The quantitative estimate of drug-likeness (QED) is 0.629. The molecule has 0 aliphatic heterocycles. The maximum absolute atomic E-state index is 9.71. The van der Waals surface area contributed by atoms with Crippen molar-refractivity contribution in [2.24, 2.45) is 5.92 Å². The highest BCUT2D eigenvalue weighted by molar-refractivity contribution is 9.09. The van der Waals surface area contributed by atoms with Gasteiger partial charge in [0, 0.05) is 16.4 Å². The van der Waals surface area contributed by atoms with Crippen LogP contribution in [0.3, 0.4) is 0 Å². The molecule has 0 fully saturated rings. The fourth-order valence-electron chi connectivity index (χ4n) is 1.14. The Balaban J connectivity index is 2.74. The van der Waals surface area contributed by atoms with Gasteiger partial charge < -0.3 is 10.4 Å². The summed E-state index contributed by atoms with van der Waals surface area (Å²) < 4.78 is 0. The standard InChI is InChI=1S/C11H14BrCl2NO/c1-6(2)8(12)5-15-10-4-7(13)3-9(14)11(10)16/h3-4,6,8,15-16H,5H2,1-2H3/t8-/m0/s1. The SMILES string of the molecule is CC(C)[C@@H](Br)CNc1cc(Cl)cc(Cl)c1O. The number of rotatable bonds is 4. The highest BCUT2D eigenvalue weighted by Crippen LogP contribution is 2.35. The molecule has 0 bridgehead atoms. The van der Waals surface area contributed by atoms with Crippen LogP contribution in [0, 0.1) is 5.92 Å². The third-order valence-electron chi connectivity index (χ3n) is 2.24. The molecule has 0 aromatic heterocycles. The van der Waals surface area contributed by atoms with Gasteiger partial charge in [-0.2, -0.15) is 0 Å². The lowest BCUT2D eigenvalue weighted by molar-refractivity contribution is 0.477. The van der Waals surface area contributed by atoms with E-state index in [2.05, 4.69) is 35.1 Å². The highest BCUT2D eigenvalue weighted by atomic mass is 79.9. The van der Waals surface area contributed by atoms with E-state index in [1.165, 1.54) is 6.07 Å². The molecule has 16 heavy (non-hydrogen) atoms. The van der Waals surface area contributed by atoms with Crippen molar-refractivity contribution in [3.63, 3.8) is 0 Å². The summed E-state index contributed by atoms with van der Waals surface area (Å²) in [5.74, 6) is 0.541. The molecule has 1 aromatic carbocycles. The molecule has 0 heterocycles. The van der Waals surface area contributed by atoms with E-state index >= 15 is 0 Å². The molecule has 0 unspecified atom stereocenters. The Morgan fingerprint density at radius 1 is 1.38 bits per heavy atom. The topological polar surface area (TPSA) is 32.3 Å². The number of benzene rings is 1. The maximum atomic E-state index is 9.71. The minimum atomic E-state index is 0.0366. The van der Waals surface area contributed by atoms with E-state index in [0.717, 1.165) is 0 Å². The number of hydrogen-bond donors (Lipinski definition) is 2. The summed E-state index contributed by atoms with van der Waals surface area (Å²) in [6.07, 6.45) is 0. The highest BCUT2D eigenvalue weighted by Gasteiger charge is 2.12. The van der Waals surface area contributed by atoms with Gasteiger partial charge in [0.1, 0.15) is 0 Å². The van der Waals surface area contributed by atoms with Crippen molar-refractivity contribution in [2.45, 2.75) is 18.7 Å². The normalized spacial score (nSPS) is 12.9. The van der Waals surface area contributed by atoms with Gasteiger partial charge in [-0.15, -0.1) is 0 Å². The summed E-state index contributed by atoms with van der Waals surface area (Å²) >= 11 is 15.2. The lowest BCUT2D eigenvalue weighted by atomic mass is 10.1. The number of alkyl halides is 1. The van der Waals surface area contributed by atoms with Crippen molar-refractivity contribution in [1.29, 1.82) is 0 Å². The van der Waals surface area contributed by atoms with Gasteiger partial charge in [-0.3, -0.25) is 0 Å². The fourth-order valence-corrected chi connectivity index (χ4v) is 1.80. The van der Waals surface area contributed by atoms with Gasteiger partial charge >= 0.3 is 0 Å². The van der Waals surface area contributed by atoms with Crippen LogP contribution in [0.1, 0.15) is 13.8 Å². The van der Waals surface area contributed by atoms with Gasteiger partial charge in [0.05, 0.1) is 10.7 Å². The van der Waals surface area contributed by atoms with E-state index in [4.69, 9.17) is 23.2 Å². The molecule has 1 atom stereocenters. The van der Waals surface area contributed by atoms with Gasteiger partial charge in [0.15, 0.2) is 5.75 Å². The van der Waals surface area contributed by atoms with Gasteiger partial charge in [-0.1, -0.05) is 53.0 Å². The van der Waals surface area contributed by atoms with Crippen LogP contribution in [0.5, 0.6) is 5.75 Å². The number of phenolic OH excluding ortho intramolecular Hbond substituents is 1. The van der Waals surface area contributed by atoms with Crippen LogP contribution in [-0.2, 0) is 0 Å². The first-order valence-corrected chi connectivity index (χ1v) is 6.65. The minimum absolute atomic E-state index is 0.0366. The molecule has 0 saturated carbocycles. The predicted octanol–water partition coefficient (Wildman–Crippen LogP) is 4.53. The molecular weight excluding hydrogens is 313 g/mol.